The Morgan fingerprint density at radius 3 is 2.75 bits per heavy atom. The Morgan fingerprint density at radius 1 is 1.42 bits per heavy atom. The van der Waals surface area contributed by atoms with E-state index >= 15 is 0 Å². The van der Waals surface area contributed by atoms with Gasteiger partial charge in [-0.3, -0.25) is 4.79 Å². The molecule has 24 heavy (non-hydrogen) atoms. The van der Waals surface area contributed by atoms with E-state index < -0.39 is 29.5 Å². The molecule has 4 rings (SSSR count). The monoisotopic (exact) mass is 328 g/mol. The van der Waals surface area contributed by atoms with E-state index in [9.17, 15) is 14.7 Å². The SMILES string of the molecule is COc1ccc([C@H](C)N2C[C@@]34C=C[C@@H](O3)[C@H](C(=O)[O-])[C@H]4C2=O)cc1. The molecule has 1 amide bonds. The summed E-state index contributed by atoms with van der Waals surface area (Å²) in [5, 5.41) is 11.5. The molecule has 0 aromatic heterocycles. The van der Waals surface area contributed by atoms with Gasteiger partial charge in [-0.15, -0.1) is 0 Å². The maximum Gasteiger partial charge on any atom is 0.230 e. The van der Waals surface area contributed by atoms with Crippen molar-refractivity contribution in [2.45, 2.75) is 24.7 Å². The Morgan fingerprint density at radius 2 is 2.12 bits per heavy atom. The highest BCUT2D eigenvalue weighted by Crippen LogP contribution is 2.53. The second-order valence-corrected chi connectivity index (χ2v) is 6.63. The van der Waals surface area contributed by atoms with Crippen molar-refractivity contribution >= 4 is 11.9 Å². The molecule has 6 heteroatoms. The second-order valence-electron chi connectivity index (χ2n) is 6.63. The number of ether oxygens (including phenoxy) is 2. The Labute approximate surface area is 139 Å². The van der Waals surface area contributed by atoms with Crippen molar-refractivity contribution in [3.05, 3.63) is 42.0 Å². The van der Waals surface area contributed by atoms with Gasteiger partial charge in [0.05, 0.1) is 31.7 Å². The number of carbonyl (C=O) groups is 2. The van der Waals surface area contributed by atoms with Gasteiger partial charge in [-0.1, -0.05) is 24.3 Å². The van der Waals surface area contributed by atoms with Crippen LogP contribution in [0.1, 0.15) is 18.5 Å². The minimum Gasteiger partial charge on any atom is -0.550 e. The predicted octanol–water partition coefficient (Wildman–Crippen LogP) is 0.288. The van der Waals surface area contributed by atoms with Crippen LogP contribution in [0.3, 0.4) is 0 Å². The molecule has 3 aliphatic heterocycles. The Balaban J connectivity index is 1.63. The molecule has 2 saturated heterocycles. The van der Waals surface area contributed by atoms with Gasteiger partial charge in [0.15, 0.2) is 0 Å². The zero-order valence-corrected chi connectivity index (χ0v) is 13.5. The van der Waals surface area contributed by atoms with Gasteiger partial charge in [-0.05, 0) is 24.6 Å². The summed E-state index contributed by atoms with van der Waals surface area (Å²) in [5.74, 6) is -2.26. The highest BCUT2D eigenvalue weighted by molar-refractivity contribution is 5.90. The van der Waals surface area contributed by atoms with Crippen LogP contribution in [0, 0.1) is 11.8 Å². The van der Waals surface area contributed by atoms with Crippen LogP contribution < -0.4 is 9.84 Å². The number of carboxylic acid groups (broad SMARTS) is 1. The molecular formula is C18H18NO5-. The van der Waals surface area contributed by atoms with Gasteiger partial charge in [0, 0.05) is 11.9 Å². The Bertz CT molecular complexity index is 727. The first-order valence-electron chi connectivity index (χ1n) is 7.99. The van der Waals surface area contributed by atoms with Crippen molar-refractivity contribution in [1.82, 2.24) is 4.90 Å². The van der Waals surface area contributed by atoms with E-state index in [1.807, 2.05) is 37.3 Å². The summed E-state index contributed by atoms with van der Waals surface area (Å²) in [6.07, 6.45) is 3.04. The van der Waals surface area contributed by atoms with Gasteiger partial charge in [-0.2, -0.15) is 0 Å². The van der Waals surface area contributed by atoms with Crippen LogP contribution in [0.2, 0.25) is 0 Å². The van der Waals surface area contributed by atoms with Gasteiger partial charge in [0.1, 0.15) is 11.4 Å². The summed E-state index contributed by atoms with van der Waals surface area (Å²) in [7, 11) is 1.60. The number of hydrogen-bond acceptors (Lipinski definition) is 5. The minimum atomic E-state index is -1.22. The van der Waals surface area contributed by atoms with E-state index in [1.54, 1.807) is 18.1 Å². The first-order chi connectivity index (χ1) is 11.5. The van der Waals surface area contributed by atoms with Crippen LogP contribution in [0.4, 0.5) is 0 Å². The smallest absolute Gasteiger partial charge is 0.230 e. The molecule has 0 radical (unpaired) electrons. The third-order valence-corrected chi connectivity index (χ3v) is 5.47. The summed E-state index contributed by atoms with van der Waals surface area (Å²) < 4.78 is 11.0. The number of aliphatic carboxylic acids is 1. The maximum absolute atomic E-state index is 12.9. The van der Waals surface area contributed by atoms with Crippen LogP contribution in [-0.2, 0) is 14.3 Å². The molecule has 1 aromatic rings. The van der Waals surface area contributed by atoms with Gasteiger partial charge in [-0.25, -0.2) is 0 Å². The standard InChI is InChI=1S/C18H19NO5/c1-10(11-3-5-12(23-2)6-4-11)19-9-18-8-7-13(24-18)14(17(21)22)15(18)16(19)20/h3-8,10,13-15H,9H2,1-2H3,(H,21,22)/p-1/t10-,13+,14-,15-,18+/m0/s1. The van der Waals surface area contributed by atoms with E-state index in [0.717, 1.165) is 11.3 Å². The van der Waals surface area contributed by atoms with Crippen molar-refractivity contribution in [2.24, 2.45) is 11.8 Å². The Hall–Kier alpha value is -2.34. The Kier molecular flexibility index (Phi) is 3.22. The van der Waals surface area contributed by atoms with Crippen molar-refractivity contribution in [1.29, 1.82) is 0 Å². The van der Waals surface area contributed by atoms with Gasteiger partial charge in [0.25, 0.3) is 0 Å². The third-order valence-electron chi connectivity index (χ3n) is 5.47. The molecule has 5 atom stereocenters. The van der Waals surface area contributed by atoms with Crippen LogP contribution in [0.15, 0.2) is 36.4 Å². The molecule has 0 saturated carbocycles. The molecule has 1 spiro atoms. The van der Waals surface area contributed by atoms with Crippen LogP contribution in [0.25, 0.3) is 0 Å². The summed E-state index contributed by atoms with van der Waals surface area (Å²) >= 11 is 0. The van der Waals surface area contributed by atoms with E-state index in [2.05, 4.69) is 0 Å². The molecule has 0 unspecified atom stereocenters. The molecule has 3 aliphatic rings. The molecular weight excluding hydrogens is 310 g/mol. The average Bonchev–Trinajstić information content (AvgIpc) is 3.22. The van der Waals surface area contributed by atoms with E-state index in [0.29, 0.717) is 6.54 Å². The van der Waals surface area contributed by atoms with Crippen molar-refractivity contribution in [3.63, 3.8) is 0 Å². The van der Waals surface area contributed by atoms with E-state index in [4.69, 9.17) is 9.47 Å². The maximum atomic E-state index is 12.9. The first-order valence-corrected chi connectivity index (χ1v) is 7.99. The zero-order chi connectivity index (χ0) is 17.1. The zero-order valence-electron chi connectivity index (χ0n) is 13.5. The van der Waals surface area contributed by atoms with E-state index in [1.165, 1.54) is 0 Å². The normalized spacial score (nSPS) is 34.5. The number of rotatable bonds is 4. The van der Waals surface area contributed by atoms with Crippen molar-refractivity contribution < 1.29 is 24.2 Å². The summed E-state index contributed by atoms with van der Waals surface area (Å²) in [5.41, 5.74) is 0.136. The summed E-state index contributed by atoms with van der Waals surface area (Å²) in [6.45, 7) is 2.29. The number of carbonyl (C=O) groups excluding carboxylic acids is 2. The van der Waals surface area contributed by atoms with Crippen LogP contribution >= 0.6 is 0 Å². The quantitative estimate of drug-likeness (QED) is 0.742. The summed E-state index contributed by atoms with van der Waals surface area (Å²) in [4.78, 5) is 26.1. The predicted molar refractivity (Wildman–Crippen MR) is 81.9 cm³/mol. The lowest BCUT2D eigenvalue weighted by Crippen LogP contribution is -2.45. The number of hydrogen-bond donors (Lipinski definition) is 0. The van der Waals surface area contributed by atoms with Gasteiger partial charge < -0.3 is 24.3 Å². The minimum absolute atomic E-state index is 0.179. The fourth-order valence-electron chi connectivity index (χ4n) is 4.19. The number of carboxylic acids is 1. The van der Waals surface area contributed by atoms with Crippen molar-refractivity contribution in [3.8, 4) is 5.75 Å². The number of fused-ring (bicyclic) bond motifs is 1. The van der Waals surface area contributed by atoms with E-state index in [-0.39, 0.29) is 11.9 Å². The topological polar surface area (TPSA) is 78.9 Å². The van der Waals surface area contributed by atoms with Crippen LogP contribution in [0.5, 0.6) is 5.75 Å². The molecule has 0 aliphatic carbocycles. The number of likely N-dealkylation sites (tertiary alicyclic amines) is 1. The van der Waals surface area contributed by atoms with Gasteiger partial charge in [0.2, 0.25) is 5.91 Å². The molecule has 2 bridgehead atoms. The lowest BCUT2D eigenvalue weighted by molar-refractivity contribution is -0.313. The molecule has 1 aromatic carbocycles. The summed E-state index contributed by atoms with van der Waals surface area (Å²) in [6, 6.07) is 7.33. The molecule has 126 valence electrons. The fourth-order valence-corrected chi connectivity index (χ4v) is 4.19. The third kappa shape index (κ3) is 1.92. The van der Waals surface area contributed by atoms with Crippen molar-refractivity contribution in [2.75, 3.05) is 13.7 Å². The molecule has 0 N–H and O–H groups in total. The second kappa shape index (κ2) is 5.08. The number of benzene rings is 1. The first kappa shape index (κ1) is 15.2. The number of amides is 1. The molecule has 3 heterocycles. The van der Waals surface area contributed by atoms with Gasteiger partial charge >= 0.3 is 0 Å². The molecule has 6 nitrogen and oxygen atoms in total. The molecule has 2 fully saturated rings. The fraction of sp³-hybridized carbons (Fsp3) is 0.444. The average molecular weight is 328 g/mol. The largest absolute Gasteiger partial charge is 0.550 e. The lowest BCUT2D eigenvalue weighted by Gasteiger charge is -2.28. The lowest BCUT2D eigenvalue weighted by atomic mass is 9.77. The number of nitrogens with zero attached hydrogens (tertiary/aromatic N) is 1. The highest BCUT2D eigenvalue weighted by Gasteiger charge is 2.65. The number of methoxy groups -OCH3 is 1. The highest BCUT2D eigenvalue weighted by atomic mass is 16.5. The van der Waals surface area contributed by atoms with Crippen LogP contribution in [-0.4, -0.2) is 42.1 Å².